The molecule has 0 aromatic carbocycles. The van der Waals surface area contributed by atoms with E-state index in [1.807, 2.05) is 20.8 Å². The number of hydrogen-bond donors (Lipinski definition) is 0. The Kier molecular flexibility index (Phi) is 12.3. The van der Waals surface area contributed by atoms with Crippen molar-refractivity contribution in [2.75, 3.05) is 6.07 Å². The number of carbonyl (C=O) groups excluding carboxylic acids is 2. The third-order valence-corrected chi connectivity index (χ3v) is 3.26. The van der Waals surface area contributed by atoms with Crippen molar-refractivity contribution >= 4 is 23.5 Å². The molecule has 0 aliphatic rings. The summed E-state index contributed by atoms with van der Waals surface area (Å²) in [6.45, 7) is 5.67. The average Bonchev–Trinajstić information content (AvgIpc) is 2.39. The molecule has 0 amide bonds. The molecule has 0 atom stereocenters. The lowest BCUT2D eigenvalue weighted by Gasteiger charge is -2.19. The zero-order valence-electron chi connectivity index (χ0n) is 14.3. The molecule has 0 N–H and O–H groups in total. The Morgan fingerprint density at radius 2 is 1.18 bits per heavy atom. The van der Waals surface area contributed by atoms with E-state index in [0.717, 1.165) is 38.5 Å². The van der Waals surface area contributed by atoms with Crippen LogP contribution in [0.25, 0.3) is 0 Å². The van der Waals surface area contributed by atoms with E-state index in [9.17, 15) is 9.59 Å². The Hall–Kier alpha value is -0.770. The molecule has 0 aliphatic heterocycles. The second-order valence-electron chi connectivity index (χ2n) is 6.54. The number of esters is 2. The van der Waals surface area contributed by atoms with Crippen molar-refractivity contribution in [2.24, 2.45) is 0 Å². The van der Waals surface area contributed by atoms with Gasteiger partial charge < -0.3 is 9.47 Å². The van der Waals surface area contributed by atoms with Gasteiger partial charge in [-0.25, -0.2) is 0 Å². The maximum atomic E-state index is 11.5. The summed E-state index contributed by atoms with van der Waals surface area (Å²) in [7, 11) is 0. The lowest BCUT2D eigenvalue weighted by atomic mass is 10.1. The summed E-state index contributed by atoms with van der Waals surface area (Å²) in [6.07, 6.45) is 9.52. The number of alkyl halides is 1. The van der Waals surface area contributed by atoms with E-state index in [1.165, 1.54) is 12.8 Å². The molecule has 0 rings (SSSR count). The van der Waals surface area contributed by atoms with Crippen LogP contribution in [0.15, 0.2) is 0 Å². The largest absolute Gasteiger partial charge is 0.460 e. The summed E-state index contributed by atoms with van der Waals surface area (Å²) >= 11 is 5.30. The van der Waals surface area contributed by atoms with E-state index in [0.29, 0.717) is 12.8 Å². The molecule has 130 valence electrons. The van der Waals surface area contributed by atoms with Gasteiger partial charge in [-0.15, -0.1) is 0 Å². The van der Waals surface area contributed by atoms with Crippen LogP contribution < -0.4 is 0 Å². The van der Waals surface area contributed by atoms with Gasteiger partial charge in [0.1, 0.15) is 5.60 Å². The van der Waals surface area contributed by atoms with Crippen LogP contribution in [-0.4, -0.2) is 23.6 Å². The van der Waals surface area contributed by atoms with Gasteiger partial charge in [0.25, 0.3) is 0 Å². The second kappa shape index (κ2) is 12.7. The van der Waals surface area contributed by atoms with Crippen molar-refractivity contribution in [2.45, 2.75) is 90.6 Å². The van der Waals surface area contributed by atoms with E-state index in [1.54, 1.807) is 0 Å². The lowest BCUT2D eigenvalue weighted by molar-refractivity contribution is -0.155. The van der Waals surface area contributed by atoms with Crippen LogP contribution in [-0.2, 0) is 19.1 Å². The maximum absolute atomic E-state index is 11.5. The Labute approximate surface area is 139 Å². The highest BCUT2D eigenvalue weighted by molar-refractivity contribution is 6.17. The average molecular weight is 335 g/mol. The molecule has 4 nitrogen and oxygen atoms in total. The molecule has 0 unspecified atom stereocenters. The van der Waals surface area contributed by atoms with Crippen LogP contribution in [0.4, 0.5) is 0 Å². The van der Waals surface area contributed by atoms with Crippen molar-refractivity contribution < 1.29 is 19.1 Å². The van der Waals surface area contributed by atoms with Crippen molar-refractivity contribution in [3.8, 4) is 0 Å². The summed E-state index contributed by atoms with van der Waals surface area (Å²) in [5, 5.41) is 0. The van der Waals surface area contributed by atoms with Gasteiger partial charge in [0.2, 0.25) is 0 Å². The summed E-state index contributed by atoms with van der Waals surface area (Å²) in [4.78, 5) is 22.5. The zero-order chi connectivity index (χ0) is 16.8. The van der Waals surface area contributed by atoms with Crippen LogP contribution in [0.1, 0.15) is 85.0 Å². The highest BCUT2D eigenvalue weighted by atomic mass is 35.5. The predicted molar refractivity (Wildman–Crippen MR) is 88.8 cm³/mol. The number of unbranched alkanes of at least 4 members (excludes halogenated alkanes) is 7. The van der Waals surface area contributed by atoms with Crippen molar-refractivity contribution in [3.05, 3.63) is 0 Å². The zero-order valence-corrected chi connectivity index (χ0v) is 15.0. The van der Waals surface area contributed by atoms with Crippen LogP contribution >= 0.6 is 11.6 Å². The van der Waals surface area contributed by atoms with Gasteiger partial charge in [-0.2, -0.15) is 0 Å². The first-order valence-electron chi connectivity index (χ1n) is 8.28. The molecule has 0 heterocycles. The fraction of sp³-hybridized carbons (Fsp3) is 0.882. The van der Waals surface area contributed by atoms with Crippen LogP contribution in [0.2, 0.25) is 0 Å². The van der Waals surface area contributed by atoms with E-state index in [2.05, 4.69) is 4.74 Å². The molecule has 0 aromatic heterocycles. The number of rotatable bonds is 12. The van der Waals surface area contributed by atoms with Gasteiger partial charge in [-0.1, -0.05) is 50.1 Å². The molecule has 0 saturated carbocycles. The predicted octanol–water partition coefficient (Wildman–Crippen LogP) is 4.97. The molecular weight excluding hydrogens is 304 g/mol. The monoisotopic (exact) mass is 334 g/mol. The van der Waals surface area contributed by atoms with E-state index >= 15 is 0 Å². The minimum atomic E-state index is -0.382. The molecule has 0 spiro atoms. The van der Waals surface area contributed by atoms with Gasteiger partial charge in [0.15, 0.2) is 6.07 Å². The molecule has 0 radical (unpaired) electrons. The first kappa shape index (κ1) is 21.2. The topological polar surface area (TPSA) is 52.6 Å². The molecule has 0 saturated heterocycles. The fourth-order valence-corrected chi connectivity index (χ4v) is 2.25. The van der Waals surface area contributed by atoms with Gasteiger partial charge in [0.05, 0.1) is 0 Å². The minimum absolute atomic E-state index is 0.0534. The van der Waals surface area contributed by atoms with Crippen LogP contribution in [0.5, 0.6) is 0 Å². The molecule has 22 heavy (non-hydrogen) atoms. The number of carbonyl (C=O) groups is 2. The van der Waals surface area contributed by atoms with Crippen molar-refractivity contribution in [1.82, 2.24) is 0 Å². The van der Waals surface area contributed by atoms with E-state index in [-0.39, 0.29) is 23.6 Å². The summed E-state index contributed by atoms with van der Waals surface area (Å²) in [6, 6.07) is -0.0534. The lowest BCUT2D eigenvalue weighted by Crippen LogP contribution is -2.23. The third kappa shape index (κ3) is 15.6. The Morgan fingerprint density at radius 1 is 0.773 bits per heavy atom. The van der Waals surface area contributed by atoms with Crippen LogP contribution in [0, 0.1) is 0 Å². The summed E-state index contributed by atoms with van der Waals surface area (Å²) in [5.74, 6) is -0.312. The Balaban J connectivity index is 3.27. The van der Waals surface area contributed by atoms with Crippen molar-refractivity contribution in [3.63, 3.8) is 0 Å². The quantitative estimate of drug-likeness (QED) is 0.287. The molecule has 0 fully saturated rings. The van der Waals surface area contributed by atoms with Crippen LogP contribution in [0.3, 0.4) is 0 Å². The molecule has 0 aliphatic carbocycles. The first-order chi connectivity index (χ1) is 10.3. The molecule has 5 heteroatoms. The Morgan fingerprint density at radius 3 is 1.59 bits per heavy atom. The van der Waals surface area contributed by atoms with Crippen molar-refractivity contribution in [1.29, 1.82) is 0 Å². The first-order valence-corrected chi connectivity index (χ1v) is 8.82. The van der Waals surface area contributed by atoms with Gasteiger partial charge in [-0.05, 0) is 33.6 Å². The SMILES string of the molecule is CC(C)(C)OC(=O)CCCCCCCCCCC(=O)OCCl. The van der Waals surface area contributed by atoms with Gasteiger partial charge in [0, 0.05) is 12.8 Å². The molecular formula is C17H31ClO4. The third-order valence-electron chi connectivity index (χ3n) is 3.15. The molecule has 0 aromatic rings. The Bertz CT molecular complexity index is 310. The van der Waals surface area contributed by atoms with Gasteiger partial charge in [-0.3, -0.25) is 9.59 Å². The minimum Gasteiger partial charge on any atom is -0.460 e. The highest BCUT2D eigenvalue weighted by Gasteiger charge is 2.15. The summed E-state index contributed by atoms with van der Waals surface area (Å²) < 4.78 is 9.91. The maximum Gasteiger partial charge on any atom is 0.306 e. The number of hydrogen-bond acceptors (Lipinski definition) is 4. The highest BCUT2D eigenvalue weighted by Crippen LogP contribution is 2.13. The van der Waals surface area contributed by atoms with E-state index < -0.39 is 0 Å². The normalized spacial score (nSPS) is 11.3. The fourth-order valence-electron chi connectivity index (χ4n) is 2.12. The van der Waals surface area contributed by atoms with E-state index in [4.69, 9.17) is 16.3 Å². The standard InChI is InChI=1S/C17H31ClO4/c1-17(2,3)22-16(20)13-11-9-7-5-4-6-8-10-12-15(19)21-14-18/h4-14H2,1-3H3. The smallest absolute Gasteiger partial charge is 0.306 e. The molecule has 0 bridgehead atoms. The second-order valence-corrected chi connectivity index (χ2v) is 6.76. The summed E-state index contributed by atoms with van der Waals surface area (Å²) in [5.41, 5.74) is -0.382. The number of halogens is 1. The van der Waals surface area contributed by atoms with Gasteiger partial charge >= 0.3 is 11.9 Å². The number of ether oxygens (including phenoxy) is 2.